The van der Waals surface area contributed by atoms with E-state index < -0.39 is 0 Å². The monoisotopic (exact) mass is 284 g/mol. The third kappa shape index (κ3) is 4.02. The van der Waals surface area contributed by atoms with Crippen molar-refractivity contribution in [3.63, 3.8) is 0 Å². The Kier molecular flexibility index (Phi) is 5.28. The fourth-order valence-corrected chi connectivity index (χ4v) is 2.14. The SMILES string of the molecule is CCc1ccc(N(C)c2ncc(CC(N)CC)cn2)cc1. The van der Waals surface area contributed by atoms with Gasteiger partial charge in [0.2, 0.25) is 5.95 Å². The van der Waals surface area contributed by atoms with E-state index >= 15 is 0 Å². The molecule has 0 amide bonds. The predicted molar refractivity (Wildman–Crippen MR) is 87.9 cm³/mol. The zero-order chi connectivity index (χ0) is 15.2. The minimum absolute atomic E-state index is 0.179. The molecule has 0 spiro atoms. The Morgan fingerprint density at radius 2 is 1.67 bits per heavy atom. The number of rotatable bonds is 6. The highest BCUT2D eigenvalue weighted by Crippen LogP contribution is 2.20. The van der Waals surface area contributed by atoms with Gasteiger partial charge in [0.05, 0.1) is 0 Å². The molecule has 2 N–H and O–H groups in total. The van der Waals surface area contributed by atoms with Crippen molar-refractivity contribution in [3.8, 4) is 0 Å². The quantitative estimate of drug-likeness (QED) is 0.885. The summed E-state index contributed by atoms with van der Waals surface area (Å²) in [6.07, 6.45) is 6.58. The second-order valence-electron chi connectivity index (χ2n) is 5.34. The van der Waals surface area contributed by atoms with Crippen LogP contribution < -0.4 is 10.6 Å². The molecule has 4 heteroatoms. The average Bonchev–Trinajstić information content (AvgIpc) is 2.55. The lowest BCUT2D eigenvalue weighted by Gasteiger charge is -2.17. The molecule has 2 aromatic rings. The van der Waals surface area contributed by atoms with Crippen molar-refractivity contribution in [1.29, 1.82) is 0 Å². The molecular formula is C17H24N4. The zero-order valence-corrected chi connectivity index (χ0v) is 13.1. The van der Waals surface area contributed by atoms with Crippen LogP contribution in [0, 0.1) is 0 Å². The first-order chi connectivity index (χ1) is 10.1. The average molecular weight is 284 g/mol. The van der Waals surface area contributed by atoms with E-state index in [2.05, 4.69) is 48.1 Å². The highest BCUT2D eigenvalue weighted by atomic mass is 15.2. The van der Waals surface area contributed by atoms with Gasteiger partial charge in [-0.15, -0.1) is 0 Å². The molecule has 1 aromatic carbocycles. The molecule has 0 bridgehead atoms. The van der Waals surface area contributed by atoms with E-state index in [0.717, 1.165) is 30.5 Å². The van der Waals surface area contributed by atoms with Gasteiger partial charge in [-0.3, -0.25) is 0 Å². The van der Waals surface area contributed by atoms with E-state index in [0.29, 0.717) is 5.95 Å². The molecule has 112 valence electrons. The summed E-state index contributed by atoms with van der Waals surface area (Å²) in [5.74, 6) is 0.702. The number of anilines is 2. The lowest BCUT2D eigenvalue weighted by molar-refractivity contribution is 0.643. The largest absolute Gasteiger partial charge is 0.327 e. The van der Waals surface area contributed by atoms with Gasteiger partial charge in [-0.25, -0.2) is 9.97 Å². The third-order valence-corrected chi connectivity index (χ3v) is 3.75. The molecule has 0 aliphatic heterocycles. The summed E-state index contributed by atoms with van der Waals surface area (Å²) < 4.78 is 0. The van der Waals surface area contributed by atoms with Crippen LogP contribution in [0.4, 0.5) is 11.6 Å². The second kappa shape index (κ2) is 7.18. The number of aryl methyl sites for hydroxylation is 1. The van der Waals surface area contributed by atoms with Gasteiger partial charge in [-0.05, 0) is 42.5 Å². The van der Waals surface area contributed by atoms with E-state index in [4.69, 9.17) is 5.73 Å². The lowest BCUT2D eigenvalue weighted by Crippen LogP contribution is -2.21. The van der Waals surface area contributed by atoms with Gasteiger partial charge in [-0.1, -0.05) is 26.0 Å². The van der Waals surface area contributed by atoms with E-state index in [1.54, 1.807) is 0 Å². The number of aromatic nitrogens is 2. The molecule has 1 unspecified atom stereocenters. The summed E-state index contributed by atoms with van der Waals surface area (Å²) in [4.78, 5) is 10.9. The summed E-state index contributed by atoms with van der Waals surface area (Å²) >= 11 is 0. The van der Waals surface area contributed by atoms with E-state index in [1.807, 2.05) is 24.3 Å². The molecule has 1 heterocycles. The van der Waals surface area contributed by atoms with Crippen LogP contribution >= 0.6 is 0 Å². The Hall–Kier alpha value is -1.94. The highest BCUT2D eigenvalue weighted by molar-refractivity contribution is 5.56. The first kappa shape index (κ1) is 15.4. The van der Waals surface area contributed by atoms with Gasteiger partial charge in [0, 0.05) is 31.2 Å². The molecule has 21 heavy (non-hydrogen) atoms. The standard InChI is InChI=1S/C17H24N4/c1-4-13-6-8-16(9-7-13)21(3)17-19-11-14(12-20-17)10-15(18)5-2/h6-9,11-12,15H,4-5,10,18H2,1-3H3. The zero-order valence-electron chi connectivity index (χ0n) is 13.1. The van der Waals surface area contributed by atoms with Crippen LogP contribution in [0.3, 0.4) is 0 Å². The summed E-state index contributed by atoms with van der Waals surface area (Å²) in [5.41, 5.74) is 9.46. The molecule has 0 aliphatic rings. The first-order valence-electron chi connectivity index (χ1n) is 7.53. The van der Waals surface area contributed by atoms with Gasteiger partial charge in [0.25, 0.3) is 0 Å². The summed E-state index contributed by atoms with van der Waals surface area (Å²) in [6, 6.07) is 8.66. The number of hydrogen-bond acceptors (Lipinski definition) is 4. The molecule has 0 radical (unpaired) electrons. The van der Waals surface area contributed by atoms with Crippen molar-refractivity contribution in [2.24, 2.45) is 5.73 Å². The fraction of sp³-hybridized carbons (Fsp3) is 0.412. The van der Waals surface area contributed by atoms with Crippen molar-refractivity contribution in [2.45, 2.75) is 39.2 Å². The van der Waals surface area contributed by atoms with Crippen LogP contribution in [-0.4, -0.2) is 23.1 Å². The van der Waals surface area contributed by atoms with Crippen LogP contribution in [0.25, 0.3) is 0 Å². The molecular weight excluding hydrogens is 260 g/mol. The van der Waals surface area contributed by atoms with E-state index in [9.17, 15) is 0 Å². The van der Waals surface area contributed by atoms with Crippen molar-refractivity contribution in [3.05, 3.63) is 47.8 Å². The topological polar surface area (TPSA) is 55.0 Å². The summed E-state index contributed by atoms with van der Waals surface area (Å²) in [5, 5.41) is 0. The van der Waals surface area contributed by atoms with E-state index in [1.165, 1.54) is 5.56 Å². The smallest absolute Gasteiger partial charge is 0.229 e. The van der Waals surface area contributed by atoms with Crippen LogP contribution in [0.1, 0.15) is 31.4 Å². The maximum atomic E-state index is 5.96. The maximum absolute atomic E-state index is 5.96. The Bertz CT molecular complexity index is 548. The highest BCUT2D eigenvalue weighted by Gasteiger charge is 2.08. The molecule has 0 aliphatic carbocycles. The minimum Gasteiger partial charge on any atom is -0.327 e. The molecule has 0 saturated carbocycles. The molecule has 0 fully saturated rings. The van der Waals surface area contributed by atoms with Crippen LogP contribution in [-0.2, 0) is 12.8 Å². The van der Waals surface area contributed by atoms with Gasteiger partial charge >= 0.3 is 0 Å². The van der Waals surface area contributed by atoms with Crippen molar-refractivity contribution in [1.82, 2.24) is 9.97 Å². The maximum Gasteiger partial charge on any atom is 0.229 e. The van der Waals surface area contributed by atoms with Crippen molar-refractivity contribution >= 4 is 11.6 Å². The van der Waals surface area contributed by atoms with Gasteiger partial charge < -0.3 is 10.6 Å². The molecule has 1 aromatic heterocycles. The van der Waals surface area contributed by atoms with Crippen LogP contribution in [0.2, 0.25) is 0 Å². The lowest BCUT2D eigenvalue weighted by atomic mass is 10.1. The number of hydrogen-bond donors (Lipinski definition) is 1. The molecule has 0 saturated heterocycles. The summed E-state index contributed by atoms with van der Waals surface area (Å²) in [6.45, 7) is 4.25. The van der Waals surface area contributed by atoms with E-state index in [-0.39, 0.29) is 6.04 Å². The third-order valence-electron chi connectivity index (χ3n) is 3.75. The summed E-state index contributed by atoms with van der Waals surface area (Å²) in [7, 11) is 1.98. The normalized spacial score (nSPS) is 12.2. The Morgan fingerprint density at radius 1 is 1.05 bits per heavy atom. The second-order valence-corrected chi connectivity index (χ2v) is 5.34. The first-order valence-corrected chi connectivity index (χ1v) is 7.53. The molecule has 2 rings (SSSR count). The van der Waals surface area contributed by atoms with Crippen LogP contribution in [0.15, 0.2) is 36.7 Å². The Morgan fingerprint density at radius 3 is 2.19 bits per heavy atom. The predicted octanol–water partition coefficient (Wildman–Crippen LogP) is 3.09. The fourth-order valence-electron chi connectivity index (χ4n) is 2.14. The number of benzene rings is 1. The van der Waals surface area contributed by atoms with Gasteiger partial charge in [0.1, 0.15) is 0 Å². The number of nitrogens with two attached hydrogens (primary N) is 1. The van der Waals surface area contributed by atoms with Gasteiger partial charge in [0.15, 0.2) is 0 Å². The Labute approximate surface area is 127 Å². The van der Waals surface area contributed by atoms with Crippen LogP contribution in [0.5, 0.6) is 0 Å². The number of nitrogens with zero attached hydrogens (tertiary/aromatic N) is 3. The minimum atomic E-state index is 0.179. The Balaban J connectivity index is 2.09. The van der Waals surface area contributed by atoms with Gasteiger partial charge in [-0.2, -0.15) is 0 Å². The molecule has 4 nitrogen and oxygen atoms in total. The van der Waals surface area contributed by atoms with Crippen molar-refractivity contribution in [2.75, 3.05) is 11.9 Å². The molecule has 1 atom stereocenters. The van der Waals surface area contributed by atoms with Crippen molar-refractivity contribution < 1.29 is 0 Å².